The van der Waals surface area contributed by atoms with E-state index < -0.39 is 16.3 Å². The molecule has 1 aliphatic rings. The van der Waals surface area contributed by atoms with E-state index in [4.69, 9.17) is 11.6 Å². The molecule has 0 aromatic heterocycles. The number of nitrogens with zero attached hydrogens (tertiary/aromatic N) is 2. The maximum atomic E-state index is 12.0. The predicted octanol–water partition coefficient (Wildman–Crippen LogP) is 0.224. The molecule has 0 unspecified atom stereocenters. The number of amides is 1. The van der Waals surface area contributed by atoms with Crippen molar-refractivity contribution in [2.45, 2.75) is 13.3 Å². The minimum atomic E-state index is -3.82. The zero-order valence-electron chi connectivity index (χ0n) is 11.0. The molecule has 1 N–H and O–H groups in total. The lowest BCUT2D eigenvalue weighted by Crippen LogP contribution is -2.45. The number of rotatable bonds is 5. The van der Waals surface area contributed by atoms with Crippen molar-refractivity contribution in [3.63, 3.8) is 0 Å². The number of hydrogen-bond acceptors (Lipinski definition) is 5. The van der Waals surface area contributed by atoms with Crippen LogP contribution in [0.1, 0.15) is 13.3 Å². The Morgan fingerprint density at radius 2 is 2.05 bits per heavy atom. The minimum absolute atomic E-state index is 0.130. The van der Waals surface area contributed by atoms with E-state index in [1.165, 1.54) is 4.31 Å². The summed E-state index contributed by atoms with van der Waals surface area (Å²) >= 11 is 5.67. The number of carbonyl (C=O) groups is 1. The van der Waals surface area contributed by atoms with Crippen LogP contribution < -0.4 is 4.72 Å². The molecule has 0 aromatic rings. The summed E-state index contributed by atoms with van der Waals surface area (Å²) in [5.74, 6) is 0.522. The number of halogens is 1. The summed E-state index contributed by atoms with van der Waals surface area (Å²) in [4.78, 5) is 13.3. The molecule has 0 aliphatic carbocycles. The lowest BCUT2D eigenvalue weighted by atomic mass is 10.4. The van der Waals surface area contributed by atoms with Gasteiger partial charge in [0.2, 0.25) is 0 Å². The minimum Gasteiger partial charge on any atom is -0.449 e. The van der Waals surface area contributed by atoms with E-state index in [1.807, 2.05) is 4.72 Å². The third-order valence-electron chi connectivity index (χ3n) is 2.78. The number of hydrogen-bond donors (Lipinski definition) is 1. The normalized spacial score (nSPS) is 18.8. The van der Waals surface area contributed by atoms with Crippen molar-refractivity contribution in [1.29, 1.82) is 0 Å². The van der Waals surface area contributed by atoms with Gasteiger partial charge in [0.15, 0.2) is 0 Å². The largest absolute Gasteiger partial charge is 0.449 e. The first-order valence-corrected chi connectivity index (χ1v) is 8.20. The monoisotopic (exact) mass is 313 g/mol. The SMILES string of the molecule is CCOC(=O)NS(=O)(=O)N1CCCN(CCCl)CC1. The van der Waals surface area contributed by atoms with E-state index in [0.29, 0.717) is 31.9 Å². The Morgan fingerprint density at radius 1 is 1.32 bits per heavy atom. The Hall–Kier alpha value is -0.570. The van der Waals surface area contributed by atoms with Crippen LogP contribution in [0.3, 0.4) is 0 Å². The van der Waals surface area contributed by atoms with Gasteiger partial charge in [-0.15, -0.1) is 11.6 Å². The molecular weight excluding hydrogens is 294 g/mol. The third-order valence-corrected chi connectivity index (χ3v) is 4.41. The van der Waals surface area contributed by atoms with Gasteiger partial charge in [-0.25, -0.2) is 9.52 Å². The zero-order valence-corrected chi connectivity index (χ0v) is 12.5. The summed E-state index contributed by atoms with van der Waals surface area (Å²) in [5.41, 5.74) is 0. The van der Waals surface area contributed by atoms with Gasteiger partial charge in [0, 0.05) is 32.1 Å². The van der Waals surface area contributed by atoms with Crippen molar-refractivity contribution in [1.82, 2.24) is 13.9 Å². The maximum absolute atomic E-state index is 12.0. The van der Waals surface area contributed by atoms with Crippen LogP contribution in [0.5, 0.6) is 0 Å². The fourth-order valence-electron chi connectivity index (χ4n) is 1.86. The Labute approximate surface area is 119 Å². The molecule has 1 heterocycles. The van der Waals surface area contributed by atoms with E-state index in [2.05, 4.69) is 9.64 Å². The Morgan fingerprint density at radius 3 is 2.68 bits per heavy atom. The van der Waals surface area contributed by atoms with Gasteiger partial charge in [0.1, 0.15) is 0 Å². The average Bonchev–Trinajstić information content (AvgIpc) is 2.55. The molecule has 112 valence electrons. The van der Waals surface area contributed by atoms with Crippen LogP contribution in [0.4, 0.5) is 4.79 Å². The summed E-state index contributed by atoms with van der Waals surface area (Å²) in [5, 5.41) is 0. The first-order chi connectivity index (χ1) is 8.99. The summed E-state index contributed by atoms with van der Waals surface area (Å²) < 4.78 is 31.6. The van der Waals surface area contributed by atoms with Gasteiger partial charge in [-0.05, 0) is 19.9 Å². The molecule has 1 saturated heterocycles. The summed E-state index contributed by atoms with van der Waals surface area (Å²) in [7, 11) is -3.82. The smallest absolute Gasteiger partial charge is 0.421 e. The van der Waals surface area contributed by atoms with Crippen molar-refractivity contribution in [3.05, 3.63) is 0 Å². The van der Waals surface area contributed by atoms with Crippen LogP contribution in [-0.4, -0.2) is 68.9 Å². The van der Waals surface area contributed by atoms with Crippen LogP contribution >= 0.6 is 11.6 Å². The molecule has 9 heteroatoms. The van der Waals surface area contributed by atoms with E-state index in [9.17, 15) is 13.2 Å². The molecule has 19 heavy (non-hydrogen) atoms. The van der Waals surface area contributed by atoms with Gasteiger partial charge < -0.3 is 9.64 Å². The van der Waals surface area contributed by atoms with Gasteiger partial charge in [0.05, 0.1) is 6.61 Å². The van der Waals surface area contributed by atoms with Crippen LogP contribution in [-0.2, 0) is 14.9 Å². The third kappa shape index (κ3) is 5.52. The number of ether oxygens (including phenoxy) is 1. The lowest BCUT2D eigenvalue weighted by molar-refractivity contribution is 0.158. The van der Waals surface area contributed by atoms with Gasteiger partial charge in [-0.2, -0.15) is 12.7 Å². The average molecular weight is 314 g/mol. The van der Waals surface area contributed by atoms with Crippen LogP contribution in [0.25, 0.3) is 0 Å². The van der Waals surface area contributed by atoms with Gasteiger partial charge in [-0.1, -0.05) is 0 Å². The first kappa shape index (κ1) is 16.5. The van der Waals surface area contributed by atoms with Crippen molar-refractivity contribution in [3.8, 4) is 0 Å². The topological polar surface area (TPSA) is 78.9 Å². The molecule has 0 atom stereocenters. The molecular formula is C10H20ClN3O4S. The highest BCUT2D eigenvalue weighted by atomic mass is 35.5. The van der Waals surface area contributed by atoms with Crippen molar-refractivity contribution >= 4 is 27.9 Å². The van der Waals surface area contributed by atoms with E-state index in [-0.39, 0.29) is 6.61 Å². The van der Waals surface area contributed by atoms with Gasteiger partial charge in [-0.3, -0.25) is 0 Å². The number of nitrogens with one attached hydrogen (secondary N) is 1. The maximum Gasteiger partial charge on any atom is 0.421 e. The quantitative estimate of drug-likeness (QED) is 0.735. The van der Waals surface area contributed by atoms with E-state index in [1.54, 1.807) is 6.92 Å². The van der Waals surface area contributed by atoms with Crippen LogP contribution in [0.2, 0.25) is 0 Å². The molecule has 1 aliphatic heterocycles. The van der Waals surface area contributed by atoms with Crippen molar-refractivity contribution in [2.75, 3.05) is 45.2 Å². The highest BCUT2D eigenvalue weighted by molar-refractivity contribution is 7.87. The number of carbonyl (C=O) groups excluding carboxylic acids is 1. The van der Waals surface area contributed by atoms with Gasteiger partial charge >= 0.3 is 16.3 Å². The lowest BCUT2D eigenvalue weighted by Gasteiger charge is -2.20. The molecule has 0 saturated carbocycles. The Bertz CT molecular complexity index is 390. The number of alkyl halides is 1. The van der Waals surface area contributed by atoms with Gasteiger partial charge in [0.25, 0.3) is 0 Å². The first-order valence-electron chi connectivity index (χ1n) is 6.22. The Kier molecular flexibility index (Phi) is 6.84. The zero-order chi connectivity index (χ0) is 14.3. The Balaban J connectivity index is 2.56. The van der Waals surface area contributed by atoms with Crippen molar-refractivity contribution < 1.29 is 17.9 Å². The summed E-state index contributed by atoms with van der Waals surface area (Å²) in [6.45, 7) is 4.61. The second-order valence-electron chi connectivity index (χ2n) is 4.11. The molecule has 7 nitrogen and oxygen atoms in total. The highest BCUT2D eigenvalue weighted by Gasteiger charge is 2.26. The molecule has 0 aromatic carbocycles. The second kappa shape index (κ2) is 7.88. The molecule has 0 bridgehead atoms. The van der Waals surface area contributed by atoms with Crippen LogP contribution in [0.15, 0.2) is 0 Å². The fourth-order valence-corrected chi connectivity index (χ4v) is 3.19. The summed E-state index contributed by atoms with van der Waals surface area (Å²) in [6.07, 6.45) is -0.231. The van der Waals surface area contributed by atoms with E-state index in [0.717, 1.165) is 13.1 Å². The fraction of sp³-hybridized carbons (Fsp3) is 0.900. The molecule has 1 rings (SSSR count). The van der Waals surface area contributed by atoms with E-state index >= 15 is 0 Å². The molecule has 0 spiro atoms. The van der Waals surface area contributed by atoms with Crippen molar-refractivity contribution in [2.24, 2.45) is 0 Å². The molecule has 1 amide bonds. The second-order valence-corrected chi connectivity index (χ2v) is 6.16. The molecule has 1 fully saturated rings. The highest BCUT2D eigenvalue weighted by Crippen LogP contribution is 2.07. The van der Waals surface area contributed by atoms with Crippen LogP contribution in [0, 0.1) is 0 Å². The standard InChI is InChI=1S/C10H20ClN3O4S/c1-2-18-10(15)12-19(16,17)14-6-3-5-13(7-4-11)8-9-14/h2-9H2,1H3,(H,12,15). The molecule has 0 radical (unpaired) electrons. The predicted molar refractivity (Wildman–Crippen MR) is 72.4 cm³/mol. The summed E-state index contributed by atoms with van der Waals surface area (Å²) in [6, 6.07) is 0.